The Balaban J connectivity index is 2.51. The van der Waals surface area contributed by atoms with Crippen molar-refractivity contribution in [2.75, 3.05) is 0 Å². The Morgan fingerprint density at radius 1 is 1.50 bits per heavy atom. The molecule has 0 aromatic heterocycles. The fourth-order valence-corrected chi connectivity index (χ4v) is 3.03. The second-order valence-corrected chi connectivity index (χ2v) is 4.88. The van der Waals surface area contributed by atoms with Gasteiger partial charge in [-0.05, 0) is 5.82 Å². The summed E-state index contributed by atoms with van der Waals surface area (Å²) in [6.45, 7) is 12.0. The molecule has 0 N–H and O–H groups in total. The maximum Gasteiger partial charge on any atom is 0.295 e. The van der Waals surface area contributed by atoms with E-state index in [1.54, 1.807) is 0 Å². The third kappa shape index (κ3) is 2.26. The van der Waals surface area contributed by atoms with Gasteiger partial charge in [0.05, 0.1) is 0 Å². The smallest absolute Gasteiger partial charge is 0.295 e. The van der Waals surface area contributed by atoms with Gasteiger partial charge in [-0.25, -0.2) is 0 Å². The van der Waals surface area contributed by atoms with Crippen LogP contribution in [0.15, 0.2) is 0 Å². The van der Waals surface area contributed by atoms with E-state index in [1.165, 1.54) is 6.42 Å². The third-order valence-corrected chi connectivity index (χ3v) is 3.75. The molecule has 1 fully saturated rings. The van der Waals surface area contributed by atoms with E-state index >= 15 is 0 Å². The molecule has 1 aliphatic rings. The van der Waals surface area contributed by atoms with Crippen LogP contribution in [0.25, 0.3) is 0 Å². The lowest BCUT2D eigenvalue weighted by atomic mass is 9.38. The van der Waals surface area contributed by atoms with Crippen LogP contribution in [0, 0.1) is 5.92 Å². The van der Waals surface area contributed by atoms with Crippen molar-refractivity contribution in [3.05, 3.63) is 0 Å². The maximum atomic E-state index is 5.75. The fourth-order valence-electron chi connectivity index (χ4n) is 1.67. The van der Waals surface area contributed by atoms with Crippen molar-refractivity contribution >= 4 is 22.6 Å². The summed E-state index contributed by atoms with van der Waals surface area (Å²) in [5.74, 6) is 1.45. The van der Waals surface area contributed by atoms with Crippen LogP contribution in [0.3, 0.4) is 0 Å². The SMILES string of the molecule is CCC(C)B1OP[B]C1C(C)C. The highest BCUT2D eigenvalue weighted by atomic mass is 31.1. The Hall–Kier alpha value is 0.520. The van der Waals surface area contributed by atoms with Gasteiger partial charge in [0.15, 0.2) is 7.00 Å². The van der Waals surface area contributed by atoms with E-state index in [4.69, 9.17) is 4.44 Å². The first-order chi connectivity index (χ1) is 5.66. The molecular weight excluding hydrogens is 165 g/mol. The van der Waals surface area contributed by atoms with Crippen LogP contribution in [0.2, 0.25) is 11.5 Å². The molecule has 12 heavy (non-hydrogen) atoms. The second-order valence-electron chi connectivity index (χ2n) is 4.07. The van der Waals surface area contributed by atoms with Crippen molar-refractivity contribution < 1.29 is 4.44 Å². The lowest BCUT2D eigenvalue weighted by molar-refractivity contribution is 0.575. The van der Waals surface area contributed by atoms with Crippen molar-refractivity contribution in [2.45, 2.75) is 45.6 Å². The summed E-state index contributed by atoms with van der Waals surface area (Å²) in [5.41, 5.74) is 0.693. The van der Waals surface area contributed by atoms with E-state index < -0.39 is 0 Å². The van der Waals surface area contributed by atoms with Crippen LogP contribution in [-0.4, -0.2) is 13.9 Å². The Kier molecular flexibility index (Phi) is 4.13. The van der Waals surface area contributed by atoms with Crippen molar-refractivity contribution in [2.24, 2.45) is 5.92 Å². The molecule has 0 aliphatic carbocycles. The molecule has 67 valence electrons. The van der Waals surface area contributed by atoms with Gasteiger partial charge in [-0.3, -0.25) is 0 Å². The maximum absolute atomic E-state index is 5.75. The highest BCUT2D eigenvalue weighted by Crippen LogP contribution is 2.42. The van der Waals surface area contributed by atoms with Gasteiger partial charge in [-0.2, -0.15) is 0 Å². The third-order valence-electron chi connectivity index (χ3n) is 2.82. The average Bonchev–Trinajstić information content (AvgIpc) is 2.50. The van der Waals surface area contributed by atoms with Gasteiger partial charge in [0, 0.05) is 0 Å². The Morgan fingerprint density at radius 2 is 2.17 bits per heavy atom. The summed E-state index contributed by atoms with van der Waals surface area (Å²) in [7, 11) is 0.633. The normalized spacial score (nSPS) is 28.1. The second kappa shape index (κ2) is 4.67. The molecule has 0 amide bonds. The standard InChI is InChI=1S/C8H18B2OP/c1-5-7(4)10-8(6(2)3)9-12-11-10/h6-8,12H,5H2,1-4H3. The van der Waals surface area contributed by atoms with Crippen molar-refractivity contribution in [3.63, 3.8) is 0 Å². The summed E-state index contributed by atoms with van der Waals surface area (Å²) < 4.78 is 5.75. The molecule has 0 aromatic rings. The predicted molar refractivity (Wildman–Crippen MR) is 59.2 cm³/mol. The van der Waals surface area contributed by atoms with Crippen LogP contribution in [-0.2, 0) is 4.44 Å². The molecular formula is C8H18B2OP. The average molecular weight is 183 g/mol. The van der Waals surface area contributed by atoms with Gasteiger partial charge in [-0.1, -0.05) is 54.4 Å². The Morgan fingerprint density at radius 3 is 2.67 bits per heavy atom. The topological polar surface area (TPSA) is 9.23 Å². The minimum absolute atomic E-state index is 0.494. The molecule has 1 aliphatic heterocycles. The highest BCUT2D eigenvalue weighted by Gasteiger charge is 2.38. The number of hydrogen-bond acceptors (Lipinski definition) is 1. The molecule has 0 saturated carbocycles. The van der Waals surface area contributed by atoms with Crippen LogP contribution in [0.1, 0.15) is 34.1 Å². The van der Waals surface area contributed by atoms with Gasteiger partial charge < -0.3 is 4.44 Å². The van der Waals surface area contributed by atoms with E-state index in [-0.39, 0.29) is 0 Å². The van der Waals surface area contributed by atoms with Crippen LogP contribution < -0.4 is 0 Å². The van der Waals surface area contributed by atoms with Gasteiger partial charge in [0.2, 0.25) is 0 Å². The summed E-state index contributed by atoms with van der Waals surface area (Å²) in [5, 5.41) is 0. The molecule has 3 atom stereocenters. The largest absolute Gasteiger partial charge is 0.425 e. The zero-order valence-corrected chi connectivity index (χ0v) is 9.50. The first kappa shape index (κ1) is 10.6. The van der Waals surface area contributed by atoms with E-state index in [2.05, 4.69) is 34.7 Å². The highest BCUT2D eigenvalue weighted by molar-refractivity contribution is 7.70. The van der Waals surface area contributed by atoms with Crippen LogP contribution in [0.4, 0.5) is 0 Å². The summed E-state index contributed by atoms with van der Waals surface area (Å²) in [6.07, 6.45) is 1.23. The zero-order chi connectivity index (χ0) is 9.14. The molecule has 0 spiro atoms. The summed E-state index contributed by atoms with van der Waals surface area (Å²) >= 11 is 0. The van der Waals surface area contributed by atoms with Crippen molar-refractivity contribution in [3.8, 4) is 0 Å². The van der Waals surface area contributed by atoms with Crippen LogP contribution >= 0.6 is 8.69 Å². The monoisotopic (exact) mass is 183 g/mol. The Labute approximate surface area is 79.2 Å². The van der Waals surface area contributed by atoms with Gasteiger partial charge in [0.25, 0.3) is 6.92 Å². The molecule has 4 heteroatoms. The molecule has 1 saturated heterocycles. The fraction of sp³-hybridized carbons (Fsp3) is 1.00. The van der Waals surface area contributed by atoms with E-state index in [1.807, 2.05) is 0 Å². The van der Waals surface area contributed by atoms with Gasteiger partial charge in [0.1, 0.15) is 0 Å². The van der Waals surface area contributed by atoms with Crippen LogP contribution in [0.5, 0.6) is 0 Å². The van der Waals surface area contributed by atoms with Gasteiger partial charge in [-0.15, -0.1) is 0 Å². The minimum atomic E-state index is 0.494. The molecule has 1 rings (SSSR count). The zero-order valence-electron chi connectivity index (χ0n) is 8.50. The lowest BCUT2D eigenvalue weighted by Gasteiger charge is -2.22. The number of rotatable bonds is 3. The Bertz CT molecular complexity index is 143. The van der Waals surface area contributed by atoms with E-state index in [0.717, 1.165) is 5.92 Å². The molecule has 1 heterocycles. The quantitative estimate of drug-likeness (QED) is 0.482. The van der Waals surface area contributed by atoms with Gasteiger partial charge >= 0.3 is 0 Å². The molecule has 1 nitrogen and oxygen atoms in total. The molecule has 3 unspecified atom stereocenters. The lowest BCUT2D eigenvalue weighted by Crippen LogP contribution is -2.27. The predicted octanol–water partition coefficient (Wildman–Crippen LogP) is 3.00. The number of hydrogen-bond donors (Lipinski definition) is 0. The summed E-state index contributed by atoms with van der Waals surface area (Å²) in [4.78, 5) is 0. The summed E-state index contributed by atoms with van der Waals surface area (Å²) in [6, 6.07) is 0. The van der Waals surface area contributed by atoms with Crippen molar-refractivity contribution in [1.29, 1.82) is 0 Å². The molecule has 0 bridgehead atoms. The van der Waals surface area contributed by atoms with Crippen molar-refractivity contribution in [1.82, 2.24) is 0 Å². The molecule has 0 aromatic carbocycles. The first-order valence-electron chi connectivity index (χ1n) is 4.91. The van der Waals surface area contributed by atoms with E-state index in [9.17, 15) is 0 Å². The molecule has 1 radical (unpaired) electrons. The minimum Gasteiger partial charge on any atom is -0.425 e. The first-order valence-corrected chi connectivity index (χ1v) is 5.89. The van der Waals surface area contributed by atoms with E-state index in [0.29, 0.717) is 27.1 Å².